The Morgan fingerprint density at radius 3 is 2.47 bits per heavy atom. The van der Waals surface area contributed by atoms with Crippen molar-refractivity contribution in [2.75, 3.05) is 19.3 Å². The molecule has 0 bridgehead atoms. The lowest BCUT2D eigenvalue weighted by atomic mass is 9.73. The van der Waals surface area contributed by atoms with E-state index in [0.29, 0.717) is 17.8 Å². The normalized spacial score (nSPS) is 18.4. The number of hydrogen-bond donors (Lipinski definition) is 3. The number of aliphatic hydroxyl groups is 1. The molecule has 0 aliphatic carbocycles. The Balaban J connectivity index is 2.05. The molecule has 0 fully saturated rings. The lowest BCUT2D eigenvalue weighted by Gasteiger charge is -2.41. The van der Waals surface area contributed by atoms with Crippen LogP contribution in [0.15, 0.2) is 52.9 Å². The number of hydrogen-bond acceptors (Lipinski definition) is 6. The molecule has 2 heterocycles. The van der Waals surface area contributed by atoms with Crippen LogP contribution in [-0.4, -0.2) is 55.5 Å². The van der Waals surface area contributed by atoms with Crippen molar-refractivity contribution < 1.29 is 35.9 Å². The molecule has 1 aromatic rings. The Kier molecular flexibility index (Phi) is 6.38. The summed E-state index contributed by atoms with van der Waals surface area (Å²) in [5, 5.41) is 13.5. The average Bonchev–Trinajstić information content (AvgIpc) is 3.12. The average molecular weight is 504 g/mol. The zero-order valence-corrected chi connectivity index (χ0v) is 19.5. The molecule has 2 aliphatic rings. The zero-order valence-electron chi connectivity index (χ0n) is 18.7. The van der Waals surface area contributed by atoms with Crippen LogP contribution in [0.2, 0.25) is 0 Å². The fraction of sp³-hybridized carbons (Fsp3) is 0.409. The summed E-state index contributed by atoms with van der Waals surface area (Å²) in [7, 11) is -3.96. The van der Waals surface area contributed by atoms with Gasteiger partial charge in [-0.2, -0.15) is 13.2 Å². The first-order chi connectivity index (χ1) is 15.4. The Bertz CT molecular complexity index is 1220. The smallest absolute Gasteiger partial charge is 0.380 e. The van der Waals surface area contributed by atoms with E-state index in [2.05, 4.69) is 5.32 Å². The van der Waals surface area contributed by atoms with Crippen LogP contribution >= 0.6 is 0 Å². The largest absolute Gasteiger partial charge is 0.418 e. The Morgan fingerprint density at radius 1 is 1.26 bits per heavy atom. The van der Waals surface area contributed by atoms with Crippen LogP contribution in [0, 0.1) is 5.82 Å². The van der Waals surface area contributed by atoms with Crippen molar-refractivity contribution >= 4 is 15.7 Å². The van der Waals surface area contributed by atoms with Crippen molar-refractivity contribution in [2.45, 2.75) is 37.5 Å². The van der Waals surface area contributed by atoms with Crippen molar-refractivity contribution in [1.29, 1.82) is 0 Å². The highest BCUT2D eigenvalue weighted by atomic mass is 32.2. The van der Waals surface area contributed by atoms with Crippen LogP contribution in [0.5, 0.6) is 0 Å². The number of amides is 1. The van der Waals surface area contributed by atoms with Gasteiger partial charge in [0.1, 0.15) is 10.8 Å². The first-order valence-corrected chi connectivity index (χ1v) is 12.1. The number of carbonyl (C=O) groups is 1. The van der Waals surface area contributed by atoms with E-state index in [1.807, 2.05) is 0 Å². The molecule has 2 aliphatic heterocycles. The minimum atomic E-state index is -5.18. The number of fused-ring (bicyclic) bond motifs is 1. The van der Waals surface area contributed by atoms with Crippen LogP contribution in [-0.2, 0) is 15.3 Å². The second-order valence-corrected chi connectivity index (χ2v) is 11.1. The van der Waals surface area contributed by atoms with Gasteiger partial charge in [0.25, 0.3) is 0 Å². The molecule has 1 aromatic carbocycles. The first kappa shape index (κ1) is 25.8. The Labute approximate surface area is 194 Å². The third-order valence-corrected chi connectivity index (χ3v) is 6.93. The van der Waals surface area contributed by atoms with Gasteiger partial charge in [-0.1, -0.05) is 26.0 Å². The number of sulfone groups is 1. The molecule has 0 aromatic heterocycles. The van der Waals surface area contributed by atoms with Gasteiger partial charge < -0.3 is 21.1 Å². The molecule has 1 atom stereocenters. The number of nitrogens with one attached hydrogen (secondary N) is 1. The molecule has 7 nitrogen and oxygen atoms in total. The van der Waals surface area contributed by atoms with E-state index in [-0.39, 0.29) is 11.1 Å². The number of nitrogens with zero attached hydrogens (tertiary/aromatic N) is 1. The number of nitrogens with two attached hydrogens (primary N) is 1. The predicted molar refractivity (Wildman–Crippen MR) is 117 cm³/mol. The molecule has 0 saturated heterocycles. The molecule has 12 heteroatoms. The second kappa shape index (κ2) is 8.42. The molecule has 0 radical (unpaired) electrons. The molecule has 0 saturated carbocycles. The number of primary amides is 1. The molecule has 0 spiro atoms. The van der Waals surface area contributed by atoms with Gasteiger partial charge in [0.05, 0.1) is 12.2 Å². The number of benzene rings is 1. The zero-order chi connectivity index (χ0) is 25.7. The summed E-state index contributed by atoms with van der Waals surface area (Å²) in [4.78, 5) is 12.7. The maximum absolute atomic E-state index is 14.3. The maximum atomic E-state index is 14.3. The highest BCUT2D eigenvalue weighted by Gasteiger charge is 2.57. The monoisotopic (exact) mass is 503 g/mol. The summed E-state index contributed by atoms with van der Waals surface area (Å²) in [6.45, 7) is 1.94. The van der Waals surface area contributed by atoms with Crippen molar-refractivity contribution in [3.05, 3.63) is 69.8 Å². The minimum Gasteiger partial charge on any atom is -0.380 e. The van der Waals surface area contributed by atoms with E-state index < -0.39 is 56.7 Å². The number of carbonyl (C=O) groups excluding carboxylic acids is 1. The van der Waals surface area contributed by atoms with Gasteiger partial charge in [-0.15, -0.1) is 0 Å². The third kappa shape index (κ3) is 4.97. The molecular weight excluding hydrogens is 478 g/mol. The van der Waals surface area contributed by atoms with Crippen LogP contribution < -0.4 is 11.1 Å². The molecule has 34 heavy (non-hydrogen) atoms. The summed E-state index contributed by atoms with van der Waals surface area (Å²) in [6, 6.07) is 2.96. The van der Waals surface area contributed by atoms with E-state index in [1.54, 1.807) is 6.08 Å². The maximum Gasteiger partial charge on any atom is 0.418 e. The molecule has 186 valence electrons. The Hall–Kier alpha value is -2.86. The predicted octanol–water partition coefficient (Wildman–Crippen LogP) is 2.46. The lowest BCUT2D eigenvalue weighted by molar-refractivity contribution is -0.268. The van der Waals surface area contributed by atoms with E-state index in [1.165, 1.54) is 26.1 Å². The van der Waals surface area contributed by atoms with Crippen molar-refractivity contribution in [3.8, 4) is 0 Å². The van der Waals surface area contributed by atoms with Gasteiger partial charge in [-0.05, 0) is 41.2 Å². The fourth-order valence-electron chi connectivity index (χ4n) is 4.28. The quantitative estimate of drug-likeness (QED) is 0.493. The van der Waals surface area contributed by atoms with Gasteiger partial charge in [-0.25, -0.2) is 12.8 Å². The molecule has 3 rings (SSSR count). The number of alkyl halides is 3. The van der Waals surface area contributed by atoms with E-state index in [4.69, 9.17) is 5.73 Å². The molecule has 1 amide bonds. The highest BCUT2D eigenvalue weighted by Crippen LogP contribution is 2.43. The van der Waals surface area contributed by atoms with Crippen LogP contribution in [0.1, 0.15) is 36.2 Å². The summed E-state index contributed by atoms with van der Waals surface area (Å²) in [5.74, 6) is -1.83. The standard InChI is InChI=1S/C22H25F4N3O4S/c1-20(2,16-5-4-14(23)9-15(16)19(27)30)11-21(31,22(24,25)26)12-29-10-17-13(6-7-28-17)8-18(29)34(3,32)33/h4-6,8-10,28,31H,7,11-12H2,1-3H3,(H2,27,30)/t21-/m1/s1. The third-order valence-electron chi connectivity index (χ3n) is 5.82. The number of β-amino-alcohol motifs (C(OH)–C–C–N with tert-alkyl or cyclic N) is 1. The molecule has 4 N–H and O–H groups in total. The van der Waals surface area contributed by atoms with Gasteiger partial charge in [0, 0.05) is 24.6 Å². The SMILES string of the molecule is CC(C)(C[C@@](O)(CN1C=C2NCC=C2C=C1S(C)(=O)=O)C(F)(F)F)c1ccc(F)cc1C(N)=O. The van der Waals surface area contributed by atoms with Gasteiger partial charge in [0.2, 0.25) is 5.91 Å². The topological polar surface area (TPSA) is 113 Å². The van der Waals surface area contributed by atoms with Gasteiger partial charge in [-0.3, -0.25) is 4.79 Å². The van der Waals surface area contributed by atoms with E-state index in [0.717, 1.165) is 29.4 Å². The van der Waals surface area contributed by atoms with Crippen molar-refractivity contribution in [3.63, 3.8) is 0 Å². The van der Waals surface area contributed by atoms with Crippen LogP contribution in [0.3, 0.4) is 0 Å². The Morgan fingerprint density at radius 2 is 1.91 bits per heavy atom. The fourth-order valence-corrected chi connectivity index (χ4v) is 5.17. The van der Waals surface area contributed by atoms with Crippen LogP contribution in [0.25, 0.3) is 0 Å². The second-order valence-electron chi connectivity index (χ2n) is 9.11. The van der Waals surface area contributed by atoms with Crippen molar-refractivity contribution in [2.24, 2.45) is 5.73 Å². The minimum absolute atomic E-state index is 0.0163. The summed E-state index contributed by atoms with van der Waals surface area (Å²) < 4.78 is 81.2. The number of allylic oxidation sites excluding steroid dienone is 1. The lowest BCUT2D eigenvalue weighted by Crippen LogP contribution is -2.56. The summed E-state index contributed by atoms with van der Waals surface area (Å²) in [5.41, 5.74) is 1.02. The highest BCUT2D eigenvalue weighted by molar-refractivity contribution is 7.94. The van der Waals surface area contributed by atoms with Gasteiger partial charge >= 0.3 is 6.18 Å². The number of rotatable bonds is 7. The van der Waals surface area contributed by atoms with Crippen molar-refractivity contribution in [1.82, 2.24) is 10.2 Å². The molecular formula is C22H25F4N3O4S. The van der Waals surface area contributed by atoms with E-state index in [9.17, 15) is 35.9 Å². The summed E-state index contributed by atoms with van der Waals surface area (Å²) >= 11 is 0. The van der Waals surface area contributed by atoms with Crippen LogP contribution in [0.4, 0.5) is 17.6 Å². The van der Waals surface area contributed by atoms with Gasteiger partial charge in [0.15, 0.2) is 15.4 Å². The summed E-state index contributed by atoms with van der Waals surface area (Å²) in [6.07, 6.45) is -1.14. The first-order valence-electron chi connectivity index (χ1n) is 10.2. The number of halogens is 4. The van der Waals surface area contributed by atoms with E-state index >= 15 is 0 Å². The molecule has 0 unspecified atom stereocenters.